The van der Waals surface area contributed by atoms with Crippen LogP contribution in [0.1, 0.15) is 34.5 Å². The summed E-state index contributed by atoms with van der Waals surface area (Å²) in [5.74, 6) is -1.54. The molecule has 6 heteroatoms. The summed E-state index contributed by atoms with van der Waals surface area (Å²) in [4.78, 5) is 37.9. The van der Waals surface area contributed by atoms with Crippen molar-refractivity contribution in [2.75, 3.05) is 0 Å². The van der Waals surface area contributed by atoms with Crippen LogP contribution in [0.25, 0.3) is 0 Å². The number of carbonyl (C=O) groups excluding carboxylic acids is 3. The van der Waals surface area contributed by atoms with Crippen LogP contribution >= 0.6 is 0 Å². The van der Waals surface area contributed by atoms with Crippen LogP contribution in [0.3, 0.4) is 0 Å². The Bertz CT molecular complexity index is 1010. The molecule has 2 atom stereocenters. The molecular formula is C25H24N2O4. The van der Waals surface area contributed by atoms with Crippen LogP contribution in [-0.4, -0.2) is 23.9 Å². The van der Waals surface area contributed by atoms with Gasteiger partial charge in [0.25, 0.3) is 11.8 Å². The predicted molar refractivity (Wildman–Crippen MR) is 117 cm³/mol. The van der Waals surface area contributed by atoms with Crippen LogP contribution < -0.4 is 10.6 Å². The average Bonchev–Trinajstić information content (AvgIpc) is 2.82. The molecule has 3 rings (SSSR count). The Hall–Kier alpha value is -3.93. The molecule has 0 radical (unpaired) electrons. The second-order valence-corrected chi connectivity index (χ2v) is 6.97. The molecule has 2 N–H and O–H groups in total. The largest absolute Gasteiger partial charge is 0.451 e. The summed E-state index contributed by atoms with van der Waals surface area (Å²) in [7, 11) is 0. The van der Waals surface area contributed by atoms with Crippen molar-refractivity contribution >= 4 is 17.8 Å². The first-order valence-electron chi connectivity index (χ1n) is 9.97. The highest BCUT2D eigenvalue weighted by atomic mass is 16.5. The van der Waals surface area contributed by atoms with E-state index in [0.717, 1.165) is 5.56 Å². The van der Waals surface area contributed by atoms with Crippen molar-refractivity contribution in [2.45, 2.75) is 25.6 Å². The van der Waals surface area contributed by atoms with E-state index in [4.69, 9.17) is 4.74 Å². The molecule has 2 amide bonds. The minimum Gasteiger partial charge on any atom is -0.451 e. The summed E-state index contributed by atoms with van der Waals surface area (Å²) >= 11 is 0. The first-order valence-corrected chi connectivity index (χ1v) is 9.97. The molecule has 3 aromatic rings. The van der Waals surface area contributed by atoms with Crippen LogP contribution in [0.4, 0.5) is 0 Å². The Morgan fingerprint density at radius 1 is 0.806 bits per heavy atom. The number of esters is 1. The number of hydrogen-bond acceptors (Lipinski definition) is 4. The van der Waals surface area contributed by atoms with Crippen molar-refractivity contribution < 1.29 is 19.1 Å². The van der Waals surface area contributed by atoms with Crippen molar-refractivity contribution in [1.29, 1.82) is 0 Å². The second kappa shape index (κ2) is 10.7. The van der Waals surface area contributed by atoms with Gasteiger partial charge in [-0.15, -0.1) is 0 Å². The summed E-state index contributed by atoms with van der Waals surface area (Å²) in [6.07, 6.45) is -1.02. The molecule has 0 aliphatic carbocycles. The lowest BCUT2D eigenvalue weighted by atomic mass is 10.1. The zero-order chi connectivity index (χ0) is 22.1. The van der Waals surface area contributed by atoms with Crippen LogP contribution in [-0.2, 0) is 20.9 Å². The fourth-order valence-corrected chi connectivity index (χ4v) is 2.95. The Labute approximate surface area is 181 Å². The third kappa shape index (κ3) is 6.27. The molecular weight excluding hydrogens is 392 g/mol. The van der Waals surface area contributed by atoms with Gasteiger partial charge in [-0.1, -0.05) is 78.9 Å². The van der Waals surface area contributed by atoms with E-state index in [1.54, 1.807) is 54.6 Å². The molecule has 0 unspecified atom stereocenters. The van der Waals surface area contributed by atoms with Crippen LogP contribution in [0.15, 0.2) is 91.0 Å². The monoisotopic (exact) mass is 416 g/mol. The number of nitrogens with one attached hydrogen (secondary N) is 2. The maximum Gasteiger partial charge on any atom is 0.334 e. The normalized spacial score (nSPS) is 12.3. The van der Waals surface area contributed by atoms with E-state index in [0.29, 0.717) is 17.7 Å². The summed E-state index contributed by atoms with van der Waals surface area (Å²) in [6, 6.07) is 25.8. The molecule has 31 heavy (non-hydrogen) atoms. The van der Waals surface area contributed by atoms with Gasteiger partial charge in [-0.2, -0.15) is 0 Å². The van der Waals surface area contributed by atoms with Gasteiger partial charge in [0.05, 0.1) is 0 Å². The third-order valence-corrected chi connectivity index (χ3v) is 4.65. The number of amides is 2. The Morgan fingerprint density at radius 2 is 1.35 bits per heavy atom. The third-order valence-electron chi connectivity index (χ3n) is 4.65. The van der Waals surface area contributed by atoms with E-state index in [9.17, 15) is 14.4 Å². The van der Waals surface area contributed by atoms with Gasteiger partial charge < -0.3 is 15.4 Å². The highest BCUT2D eigenvalue weighted by Crippen LogP contribution is 2.17. The minimum absolute atomic E-state index is 0.328. The molecule has 0 fully saturated rings. The highest BCUT2D eigenvalue weighted by molar-refractivity contribution is 5.97. The number of rotatable bonds is 8. The van der Waals surface area contributed by atoms with E-state index in [-0.39, 0.29) is 0 Å². The zero-order valence-corrected chi connectivity index (χ0v) is 17.2. The molecule has 0 saturated carbocycles. The van der Waals surface area contributed by atoms with Crippen molar-refractivity contribution in [1.82, 2.24) is 10.6 Å². The van der Waals surface area contributed by atoms with Gasteiger partial charge in [0.2, 0.25) is 0 Å². The average molecular weight is 416 g/mol. The zero-order valence-electron chi connectivity index (χ0n) is 17.2. The SMILES string of the molecule is C[C@H](OC(=O)[C@H](NC(=O)c1ccccc1)c1ccccc1)C(=O)NCc1ccccc1. The van der Waals surface area contributed by atoms with Gasteiger partial charge in [0.1, 0.15) is 0 Å². The number of ether oxygens (including phenoxy) is 1. The van der Waals surface area contributed by atoms with E-state index in [2.05, 4.69) is 10.6 Å². The van der Waals surface area contributed by atoms with Crippen LogP contribution in [0, 0.1) is 0 Å². The molecule has 0 aliphatic rings. The quantitative estimate of drug-likeness (QED) is 0.551. The topological polar surface area (TPSA) is 84.5 Å². The van der Waals surface area contributed by atoms with Crippen LogP contribution in [0.2, 0.25) is 0 Å². The highest BCUT2D eigenvalue weighted by Gasteiger charge is 2.28. The summed E-state index contributed by atoms with van der Waals surface area (Å²) in [6.45, 7) is 1.83. The van der Waals surface area contributed by atoms with Gasteiger partial charge in [0.15, 0.2) is 12.1 Å². The van der Waals surface area contributed by atoms with Gasteiger partial charge in [-0.25, -0.2) is 4.79 Å². The molecule has 0 saturated heterocycles. The van der Waals surface area contributed by atoms with E-state index < -0.39 is 29.9 Å². The lowest BCUT2D eigenvalue weighted by Gasteiger charge is -2.21. The lowest BCUT2D eigenvalue weighted by molar-refractivity contribution is -0.156. The maximum atomic E-state index is 12.9. The standard InChI is InChI=1S/C25H24N2O4/c1-18(23(28)26-17-19-11-5-2-6-12-19)31-25(30)22(20-13-7-3-8-14-20)27-24(29)21-15-9-4-10-16-21/h2-16,18,22H,17H2,1H3,(H,26,28)(H,27,29)/t18-,22+/m0/s1. The predicted octanol–water partition coefficient (Wildman–Crippen LogP) is 3.41. The van der Waals surface area contributed by atoms with Gasteiger partial charge in [-0.3, -0.25) is 9.59 Å². The summed E-state index contributed by atoms with van der Waals surface area (Å²) < 4.78 is 5.39. The Balaban J connectivity index is 1.66. The molecule has 158 valence electrons. The number of hydrogen-bond donors (Lipinski definition) is 2. The summed E-state index contributed by atoms with van der Waals surface area (Å²) in [5, 5.41) is 5.45. The first kappa shape index (κ1) is 21.8. The molecule has 0 heterocycles. The molecule has 6 nitrogen and oxygen atoms in total. The summed E-state index contributed by atoms with van der Waals surface area (Å²) in [5.41, 5.74) is 1.92. The lowest BCUT2D eigenvalue weighted by Crippen LogP contribution is -2.40. The van der Waals surface area contributed by atoms with Gasteiger partial charge in [-0.05, 0) is 30.2 Å². The van der Waals surface area contributed by atoms with Gasteiger partial charge in [0, 0.05) is 12.1 Å². The van der Waals surface area contributed by atoms with Crippen molar-refractivity contribution in [2.24, 2.45) is 0 Å². The first-order chi connectivity index (χ1) is 15.0. The Morgan fingerprint density at radius 3 is 1.97 bits per heavy atom. The maximum absolute atomic E-state index is 12.9. The van der Waals surface area contributed by atoms with Crippen molar-refractivity contribution in [3.8, 4) is 0 Å². The molecule has 0 aromatic heterocycles. The van der Waals surface area contributed by atoms with E-state index in [1.165, 1.54) is 6.92 Å². The molecule has 3 aromatic carbocycles. The van der Waals surface area contributed by atoms with Gasteiger partial charge >= 0.3 is 5.97 Å². The van der Waals surface area contributed by atoms with E-state index in [1.807, 2.05) is 36.4 Å². The van der Waals surface area contributed by atoms with E-state index >= 15 is 0 Å². The second-order valence-electron chi connectivity index (χ2n) is 6.97. The van der Waals surface area contributed by atoms with Crippen molar-refractivity contribution in [3.05, 3.63) is 108 Å². The minimum atomic E-state index is -1.04. The fourth-order valence-electron chi connectivity index (χ4n) is 2.95. The number of benzene rings is 3. The fraction of sp³-hybridized carbons (Fsp3) is 0.160. The molecule has 0 spiro atoms. The molecule has 0 aliphatic heterocycles. The molecule has 0 bridgehead atoms. The van der Waals surface area contributed by atoms with Crippen LogP contribution in [0.5, 0.6) is 0 Å². The number of carbonyl (C=O) groups is 3. The Kier molecular flexibility index (Phi) is 7.54. The smallest absolute Gasteiger partial charge is 0.334 e. The van der Waals surface area contributed by atoms with Crippen molar-refractivity contribution in [3.63, 3.8) is 0 Å².